The smallest absolute Gasteiger partial charge is 0.457 e. The molecule has 3 aliphatic heterocycles. The summed E-state index contributed by atoms with van der Waals surface area (Å²) in [5.41, 5.74) is 11.8. The van der Waals surface area contributed by atoms with Gasteiger partial charge in [0.1, 0.15) is 34.5 Å². The standard InChI is InChI=1S/C18H18BNO2.2C17H16BNO3/c1-11-9-18(12(2)8-16(11)20-5)22-17-7-6-15-14(13(17)3)10-21-19(15)4;1-10-7-16(11(2)6-15(10)19-4)22-14-5-12(3)17-13(8-14)9-21-18(17)20;1-10-7-16(12(3)6-15(10)19-4)22-17-8-13-9-21-18(20)14(13)5-11(17)2/h6-9H,10H2,1-4H3;2*5-8,20H,9H2,1-3H3/i10D2;2*9D2. The lowest BCUT2D eigenvalue weighted by molar-refractivity contribution is 0.274. The maximum atomic E-state index is 9.89. The lowest BCUT2D eigenvalue weighted by Crippen LogP contribution is -2.30. The third-order valence-corrected chi connectivity index (χ3v) is 11.5. The second-order valence-electron chi connectivity index (χ2n) is 16.4. The summed E-state index contributed by atoms with van der Waals surface area (Å²) >= 11 is 0. The summed E-state index contributed by atoms with van der Waals surface area (Å²) in [7, 11) is -2.55. The lowest BCUT2D eigenvalue weighted by Gasteiger charge is -2.15. The lowest BCUT2D eigenvalue weighted by atomic mass is 9.64. The third kappa shape index (κ3) is 9.88. The maximum Gasteiger partial charge on any atom is 0.492 e. The van der Waals surface area contributed by atoms with Crippen LogP contribution in [-0.4, -0.2) is 31.2 Å². The van der Waals surface area contributed by atoms with Gasteiger partial charge in [0.2, 0.25) is 0 Å². The minimum Gasteiger partial charge on any atom is -0.457 e. The molecule has 14 heteroatoms. The van der Waals surface area contributed by atoms with Crippen molar-refractivity contribution in [1.29, 1.82) is 0 Å². The summed E-state index contributed by atoms with van der Waals surface area (Å²) in [4.78, 5) is 10.4. The normalized spacial score (nSPS) is 16.6. The highest BCUT2D eigenvalue weighted by atomic mass is 16.5. The van der Waals surface area contributed by atoms with E-state index in [4.69, 9.17) is 56.1 Å². The molecule has 0 spiro atoms. The number of benzene rings is 6. The molecule has 6 aromatic rings. The van der Waals surface area contributed by atoms with Crippen molar-refractivity contribution in [2.24, 2.45) is 0 Å². The highest BCUT2D eigenvalue weighted by Crippen LogP contribution is 2.37. The number of rotatable bonds is 6. The summed E-state index contributed by atoms with van der Waals surface area (Å²) < 4.78 is 81.0. The molecule has 0 aromatic heterocycles. The van der Waals surface area contributed by atoms with Gasteiger partial charge in [-0.15, -0.1) is 0 Å². The Kier molecular flexibility index (Phi) is 11.8. The number of fused-ring (bicyclic) bond motifs is 3. The van der Waals surface area contributed by atoms with Crippen LogP contribution in [0.25, 0.3) is 14.5 Å². The average Bonchev–Trinajstić information content (AvgIpc) is 3.79. The summed E-state index contributed by atoms with van der Waals surface area (Å²) in [6.45, 7) is 33.8. The Labute approximate surface area is 397 Å². The van der Waals surface area contributed by atoms with E-state index in [1.165, 1.54) is 0 Å². The predicted molar refractivity (Wildman–Crippen MR) is 261 cm³/mol. The van der Waals surface area contributed by atoms with Crippen molar-refractivity contribution >= 4 is 54.6 Å². The Morgan fingerprint density at radius 3 is 1.55 bits per heavy atom. The molecule has 0 unspecified atom stereocenters. The van der Waals surface area contributed by atoms with Gasteiger partial charge < -0.3 is 38.2 Å². The zero-order valence-electron chi connectivity index (χ0n) is 44.3. The van der Waals surface area contributed by atoms with E-state index in [9.17, 15) is 10.0 Å². The summed E-state index contributed by atoms with van der Waals surface area (Å²) in [6.07, 6.45) is 0. The predicted octanol–water partition coefficient (Wildman–Crippen LogP) is 10.7. The van der Waals surface area contributed by atoms with Gasteiger partial charge in [-0.05, 0) is 206 Å². The van der Waals surface area contributed by atoms with Crippen molar-refractivity contribution in [3.8, 4) is 34.5 Å². The van der Waals surface area contributed by atoms with Crippen LogP contribution >= 0.6 is 0 Å². The molecule has 2 N–H and O–H groups in total. The fourth-order valence-corrected chi connectivity index (χ4v) is 7.60. The van der Waals surface area contributed by atoms with E-state index >= 15 is 0 Å². The zero-order valence-corrected chi connectivity index (χ0v) is 38.3. The van der Waals surface area contributed by atoms with Gasteiger partial charge in [0.25, 0.3) is 0 Å². The van der Waals surface area contributed by atoms with Crippen LogP contribution in [0.3, 0.4) is 0 Å². The number of hydrogen-bond donors (Lipinski definition) is 2. The van der Waals surface area contributed by atoms with E-state index in [2.05, 4.69) is 14.5 Å². The van der Waals surface area contributed by atoms with Crippen molar-refractivity contribution in [3.05, 3.63) is 174 Å². The Hall–Kier alpha value is -6.82. The van der Waals surface area contributed by atoms with Gasteiger partial charge in [0.05, 0.1) is 47.6 Å². The van der Waals surface area contributed by atoms with E-state index in [1.807, 2.05) is 86.5 Å². The quantitative estimate of drug-likeness (QED) is 0.126. The number of aryl methyl sites for hydroxylation is 8. The average molecular weight is 883 g/mol. The SMILES string of the molecule is [2H]C1([2H])OB(C)c2ccc(Oc3cc(C)c([N+]#[C-])cc3C)c(C)c21.[2H]C1([2H])OB(O)c2c(C)cc(Oc3cc(C)c([N+]#[C-])cc3C)cc21.[2H]C1([2H])OB(O)c2cc(C)c(Oc3cc(C)c([N+]#[C-])cc3C)cc21. The Bertz CT molecular complexity index is 3250. The van der Waals surface area contributed by atoms with E-state index < -0.39 is 33.9 Å². The first-order valence-corrected chi connectivity index (χ1v) is 21.0. The van der Waals surface area contributed by atoms with Crippen LogP contribution in [0.5, 0.6) is 34.5 Å². The zero-order chi connectivity index (χ0) is 52.9. The molecule has 3 heterocycles. The minimum absolute atomic E-state index is 0.266. The molecule has 66 heavy (non-hydrogen) atoms. The highest BCUT2D eigenvalue weighted by Gasteiger charge is 2.31. The van der Waals surface area contributed by atoms with Crippen LogP contribution < -0.4 is 30.6 Å². The van der Waals surface area contributed by atoms with Crippen molar-refractivity contribution in [2.45, 2.75) is 88.8 Å². The van der Waals surface area contributed by atoms with Gasteiger partial charge in [-0.1, -0.05) is 19.0 Å². The third-order valence-electron chi connectivity index (χ3n) is 11.5. The van der Waals surface area contributed by atoms with Crippen LogP contribution in [0, 0.1) is 82.0 Å². The molecule has 0 saturated carbocycles. The molecule has 0 atom stereocenters. The molecule has 0 fully saturated rings. The molecule has 6 aromatic carbocycles. The summed E-state index contributed by atoms with van der Waals surface area (Å²) in [5.74, 6) is 3.46. The van der Waals surface area contributed by atoms with E-state index in [0.717, 1.165) is 50.0 Å². The highest BCUT2D eigenvalue weighted by molar-refractivity contribution is 6.67. The second-order valence-corrected chi connectivity index (χ2v) is 16.4. The second kappa shape index (κ2) is 19.7. The van der Waals surface area contributed by atoms with E-state index in [0.29, 0.717) is 73.6 Å². The first-order chi connectivity index (χ1) is 33.7. The van der Waals surface area contributed by atoms with Gasteiger partial charge in [-0.25, -0.2) is 14.5 Å². The molecule has 0 bridgehead atoms. The molecular formula is C52H50B3N3O8. The van der Waals surface area contributed by atoms with Crippen molar-refractivity contribution in [2.75, 3.05) is 0 Å². The fraction of sp³-hybridized carbons (Fsp3) is 0.250. The van der Waals surface area contributed by atoms with Crippen molar-refractivity contribution < 1.29 is 46.4 Å². The molecule has 11 nitrogen and oxygen atoms in total. The molecular weight excluding hydrogens is 827 g/mol. The topological polar surface area (TPSA) is 109 Å². The monoisotopic (exact) mass is 883 g/mol. The van der Waals surface area contributed by atoms with Crippen molar-refractivity contribution in [1.82, 2.24) is 0 Å². The summed E-state index contributed by atoms with van der Waals surface area (Å²) in [6, 6.07) is 21.1. The number of nitrogens with zero attached hydrogens (tertiary/aromatic N) is 3. The molecule has 0 aliphatic carbocycles. The van der Waals surface area contributed by atoms with Crippen LogP contribution in [-0.2, 0) is 33.6 Å². The number of ether oxygens (including phenoxy) is 3. The van der Waals surface area contributed by atoms with Gasteiger partial charge in [-0.3, -0.25) is 0 Å². The van der Waals surface area contributed by atoms with Gasteiger partial charge >= 0.3 is 21.2 Å². The van der Waals surface area contributed by atoms with Crippen LogP contribution in [0.15, 0.2) is 72.8 Å². The van der Waals surface area contributed by atoms with Gasteiger partial charge in [0.15, 0.2) is 17.1 Å². The van der Waals surface area contributed by atoms with Gasteiger partial charge in [0, 0.05) is 0 Å². The Morgan fingerprint density at radius 2 is 0.985 bits per heavy atom. The van der Waals surface area contributed by atoms with Crippen molar-refractivity contribution in [3.63, 3.8) is 0 Å². The van der Waals surface area contributed by atoms with Crippen LogP contribution in [0.1, 0.15) is 75.0 Å². The molecule has 3 aliphatic rings. The van der Waals surface area contributed by atoms with Gasteiger partial charge in [-0.2, -0.15) is 0 Å². The largest absolute Gasteiger partial charge is 0.492 e. The minimum atomic E-state index is -2.06. The molecule has 9 rings (SSSR count). The molecule has 0 saturated heterocycles. The molecule has 0 amide bonds. The maximum absolute atomic E-state index is 9.89. The Balaban J connectivity index is 0.000000158. The summed E-state index contributed by atoms with van der Waals surface area (Å²) in [5, 5.41) is 19.7. The van der Waals surface area contributed by atoms with Crippen LogP contribution in [0.4, 0.5) is 17.1 Å². The van der Waals surface area contributed by atoms with Crippen LogP contribution in [0.2, 0.25) is 6.82 Å². The van der Waals surface area contributed by atoms with E-state index in [-0.39, 0.29) is 18.0 Å². The number of hydrogen-bond acceptors (Lipinski definition) is 8. The fourth-order valence-electron chi connectivity index (χ4n) is 7.60. The first-order valence-electron chi connectivity index (χ1n) is 24.0. The molecule has 0 radical (unpaired) electrons. The molecule has 330 valence electrons. The van der Waals surface area contributed by atoms with E-state index in [1.54, 1.807) is 55.5 Å². The Morgan fingerprint density at radius 1 is 0.500 bits per heavy atom. The first kappa shape index (κ1) is 39.5.